The van der Waals surface area contributed by atoms with E-state index < -0.39 is 39.2 Å². The van der Waals surface area contributed by atoms with E-state index in [4.69, 9.17) is 13.9 Å². The Labute approximate surface area is 309 Å². The van der Waals surface area contributed by atoms with E-state index >= 15 is 4.39 Å². The molecule has 0 bridgehead atoms. The van der Waals surface area contributed by atoms with Crippen LogP contribution in [-0.2, 0) is 27.9 Å². The number of nitrogens with zero attached hydrogens (tertiary/aromatic N) is 4. The minimum absolute atomic E-state index is 0.0880. The summed E-state index contributed by atoms with van der Waals surface area (Å²) in [6, 6.07) is 6.05. The van der Waals surface area contributed by atoms with Crippen LogP contribution in [0.5, 0.6) is 5.75 Å². The Morgan fingerprint density at radius 1 is 1.00 bits per heavy atom. The average molecular weight is 754 g/mol. The maximum Gasteiger partial charge on any atom is 0.341 e. The van der Waals surface area contributed by atoms with Crippen molar-refractivity contribution in [2.75, 3.05) is 51.8 Å². The van der Waals surface area contributed by atoms with Crippen LogP contribution in [0.2, 0.25) is 0 Å². The number of benzene rings is 2. The number of carbonyl (C=O) groups is 2. The predicted octanol–water partition coefficient (Wildman–Crippen LogP) is 3.98. The fourth-order valence-electron chi connectivity index (χ4n) is 8.22. The zero-order valence-electron chi connectivity index (χ0n) is 30.9. The number of likely N-dealkylation sites (N-methyl/N-ethyl adjacent to an activating group) is 1. The molecule has 0 spiro atoms. The molecular weight excluding hydrogens is 706 g/mol. The van der Waals surface area contributed by atoms with Crippen molar-refractivity contribution in [2.24, 2.45) is 0 Å². The summed E-state index contributed by atoms with van der Waals surface area (Å²) >= 11 is 0. The molecule has 3 atom stereocenters. The first-order chi connectivity index (χ1) is 25.3. The normalized spacial score (nSPS) is 22.9. The summed E-state index contributed by atoms with van der Waals surface area (Å²) < 4.78 is 63.5. The summed E-state index contributed by atoms with van der Waals surface area (Å²) in [5.74, 6) is -3.23. The number of hydrogen-bond acceptors (Lipinski definition) is 10. The Bertz CT molecular complexity index is 2090. The standard InChI is InChI=1S/C38H48FN5O8S/c1-22-9-10-23(2)44(22)53(48,49)40-36(45)30-12-11-29(33(39)35(30)51-26-7-6-8-26)37(46)43-16-15-27-28-13-14-32(24(3)34(28)52-38(47)31(27)20-43)42-18-17-41(4)25(19-42)21-50-5/h11-14,22-23,25-26H,6-10,15-21H2,1-5H3,(H,40,45)/t22-,23-,25-/m1/s1. The lowest BCUT2D eigenvalue weighted by Crippen LogP contribution is -2.53. The predicted molar refractivity (Wildman–Crippen MR) is 197 cm³/mol. The second kappa shape index (κ2) is 14.6. The number of methoxy groups -OCH3 is 1. The van der Waals surface area contributed by atoms with Crippen LogP contribution in [0.4, 0.5) is 10.1 Å². The number of anilines is 1. The minimum Gasteiger partial charge on any atom is -0.486 e. The summed E-state index contributed by atoms with van der Waals surface area (Å²) in [4.78, 5) is 46.8. The highest BCUT2D eigenvalue weighted by Crippen LogP contribution is 2.36. The van der Waals surface area contributed by atoms with Gasteiger partial charge >= 0.3 is 15.8 Å². The number of piperazine rings is 1. The van der Waals surface area contributed by atoms with E-state index in [0.717, 1.165) is 48.3 Å². The number of fused-ring (bicyclic) bond motifs is 3. The molecule has 2 saturated heterocycles. The van der Waals surface area contributed by atoms with Crippen molar-refractivity contribution in [1.29, 1.82) is 0 Å². The van der Waals surface area contributed by atoms with Crippen molar-refractivity contribution in [3.8, 4) is 5.75 Å². The highest BCUT2D eigenvalue weighted by atomic mass is 32.2. The number of ether oxygens (including phenoxy) is 2. The Hall–Kier alpha value is -4.05. The molecule has 7 rings (SSSR count). The molecule has 4 aliphatic rings. The molecule has 2 aromatic carbocycles. The monoisotopic (exact) mass is 753 g/mol. The average Bonchev–Trinajstić information content (AvgIpc) is 3.46. The van der Waals surface area contributed by atoms with Gasteiger partial charge in [0.05, 0.1) is 42.0 Å². The summed E-state index contributed by atoms with van der Waals surface area (Å²) in [5.41, 5.74) is 2.31. The first-order valence-corrected chi connectivity index (χ1v) is 19.9. The highest BCUT2D eigenvalue weighted by Gasteiger charge is 2.39. The van der Waals surface area contributed by atoms with Crippen molar-refractivity contribution >= 4 is 38.7 Å². The Kier molecular flexibility index (Phi) is 10.3. The zero-order valence-corrected chi connectivity index (χ0v) is 31.8. The van der Waals surface area contributed by atoms with Gasteiger partial charge in [0.1, 0.15) is 5.58 Å². The van der Waals surface area contributed by atoms with Gasteiger partial charge in [-0.15, -0.1) is 0 Å². The highest BCUT2D eigenvalue weighted by molar-refractivity contribution is 7.87. The third-order valence-corrected chi connectivity index (χ3v) is 13.2. The van der Waals surface area contributed by atoms with E-state index in [-0.39, 0.29) is 48.4 Å². The van der Waals surface area contributed by atoms with Gasteiger partial charge in [-0.3, -0.25) is 14.5 Å². The molecule has 3 aliphatic heterocycles. The number of amides is 2. The van der Waals surface area contributed by atoms with E-state index in [1.165, 1.54) is 21.3 Å². The van der Waals surface area contributed by atoms with Crippen LogP contribution in [0.15, 0.2) is 33.5 Å². The van der Waals surface area contributed by atoms with E-state index in [9.17, 15) is 22.8 Å². The molecule has 1 aromatic heterocycles. The molecule has 286 valence electrons. The number of halogens is 1. The lowest BCUT2D eigenvalue weighted by molar-refractivity contribution is 0.0721. The first-order valence-electron chi connectivity index (χ1n) is 18.4. The second-order valence-electron chi connectivity index (χ2n) is 15.0. The Morgan fingerprint density at radius 3 is 2.40 bits per heavy atom. The van der Waals surface area contributed by atoms with Gasteiger partial charge in [-0.25, -0.2) is 13.9 Å². The van der Waals surface area contributed by atoms with Crippen molar-refractivity contribution in [3.63, 3.8) is 0 Å². The molecule has 0 unspecified atom stereocenters. The maximum absolute atomic E-state index is 16.4. The van der Waals surface area contributed by atoms with E-state index in [1.807, 2.05) is 13.0 Å². The topological polar surface area (TPSA) is 142 Å². The summed E-state index contributed by atoms with van der Waals surface area (Å²) in [6.07, 6.45) is 3.43. The van der Waals surface area contributed by atoms with E-state index in [2.05, 4.69) is 27.6 Å². The SMILES string of the molecule is COC[C@H]1CN(c2ccc3c4c(c(=O)oc3c2C)CN(C(=O)c2ccc(C(=O)NS(=O)(=O)N3[C@H](C)CC[C@H]3C)c(OC3CCC3)c2F)CC4)CCN1C. The van der Waals surface area contributed by atoms with Crippen molar-refractivity contribution in [2.45, 2.75) is 90.1 Å². The van der Waals surface area contributed by atoms with Gasteiger partial charge in [0.25, 0.3) is 11.8 Å². The Morgan fingerprint density at radius 2 is 1.72 bits per heavy atom. The Balaban J connectivity index is 1.14. The molecule has 3 fully saturated rings. The smallest absolute Gasteiger partial charge is 0.341 e. The lowest BCUT2D eigenvalue weighted by atomic mass is 9.94. The summed E-state index contributed by atoms with van der Waals surface area (Å²) in [5, 5.41) is 0.806. The van der Waals surface area contributed by atoms with Crippen molar-refractivity contribution < 1.29 is 36.3 Å². The van der Waals surface area contributed by atoms with Gasteiger partial charge in [0.2, 0.25) is 0 Å². The minimum atomic E-state index is -4.23. The van der Waals surface area contributed by atoms with Gasteiger partial charge in [0.15, 0.2) is 11.6 Å². The molecule has 13 nitrogen and oxygen atoms in total. The van der Waals surface area contributed by atoms with E-state index in [0.29, 0.717) is 49.9 Å². The number of nitrogens with one attached hydrogen (secondary N) is 1. The molecule has 1 saturated carbocycles. The first kappa shape index (κ1) is 37.3. The van der Waals surface area contributed by atoms with Crippen LogP contribution >= 0.6 is 0 Å². The molecule has 1 N–H and O–H groups in total. The zero-order chi connectivity index (χ0) is 37.8. The van der Waals surface area contributed by atoms with Crippen molar-refractivity contribution in [1.82, 2.24) is 18.8 Å². The third kappa shape index (κ3) is 6.92. The van der Waals surface area contributed by atoms with Crippen LogP contribution in [0.3, 0.4) is 0 Å². The quantitative estimate of drug-likeness (QED) is 0.319. The molecule has 53 heavy (non-hydrogen) atoms. The van der Waals surface area contributed by atoms with Crippen LogP contribution in [0, 0.1) is 12.7 Å². The molecule has 2 amide bonds. The number of rotatable bonds is 9. The number of hydrogen-bond donors (Lipinski definition) is 1. The molecule has 1 aliphatic carbocycles. The fourth-order valence-corrected chi connectivity index (χ4v) is 9.82. The van der Waals surface area contributed by atoms with Crippen LogP contribution in [0.25, 0.3) is 11.0 Å². The lowest BCUT2D eigenvalue weighted by Gasteiger charge is -2.41. The fraction of sp³-hybridized carbons (Fsp3) is 0.553. The van der Waals surface area contributed by atoms with Gasteiger partial charge < -0.3 is 23.7 Å². The maximum atomic E-state index is 16.4. The number of carbonyl (C=O) groups excluding carboxylic acids is 2. The molecule has 3 aromatic rings. The third-order valence-electron chi connectivity index (χ3n) is 11.5. The molecule has 0 radical (unpaired) electrons. The van der Waals surface area contributed by atoms with Gasteiger partial charge in [-0.2, -0.15) is 12.7 Å². The van der Waals surface area contributed by atoms with Crippen LogP contribution in [-0.4, -0.2) is 106 Å². The van der Waals surface area contributed by atoms with Crippen molar-refractivity contribution in [3.05, 3.63) is 68.3 Å². The second-order valence-corrected chi connectivity index (χ2v) is 16.5. The summed E-state index contributed by atoms with van der Waals surface area (Å²) in [7, 11) is -0.447. The van der Waals surface area contributed by atoms with Crippen LogP contribution < -0.4 is 20.0 Å². The van der Waals surface area contributed by atoms with Gasteiger partial charge in [0, 0.05) is 62.0 Å². The summed E-state index contributed by atoms with van der Waals surface area (Å²) in [6.45, 7) is 8.70. The molecule has 4 heterocycles. The molecular formula is C38H48FN5O8S. The largest absolute Gasteiger partial charge is 0.486 e. The van der Waals surface area contributed by atoms with E-state index in [1.54, 1.807) is 21.0 Å². The van der Waals surface area contributed by atoms with Gasteiger partial charge in [-0.1, -0.05) is 0 Å². The number of aryl methyl sites for hydroxylation is 1. The van der Waals surface area contributed by atoms with Gasteiger partial charge in [-0.05, 0) is 96.2 Å². The molecule has 15 heteroatoms. The van der Waals surface area contributed by atoms with Crippen LogP contribution in [0.1, 0.15) is 83.4 Å².